The Morgan fingerprint density at radius 2 is 2.00 bits per heavy atom. The zero-order valence-electron chi connectivity index (χ0n) is 14.2. The van der Waals surface area contributed by atoms with Gasteiger partial charge in [0.2, 0.25) is 5.91 Å². The van der Waals surface area contributed by atoms with Crippen LogP contribution >= 0.6 is 0 Å². The zero-order valence-corrected chi connectivity index (χ0v) is 14.2. The Hall–Kier alpha value is -0.830. The first-order chi connectivity index (χ1) is 9.97. The monoisotopic (exact) mass is 292 g/mol. The second-order valence-corrected chi connectivity index (χ2v) is 7.35. The van der Waals surface area contributed by atoms with Crippen LogP contribution in [-0.4, -0.2) is 36.5 Å². The summed E-state index contributed by atoms with van der Waals surface area (Å²) in [6.07, 6.45) is 7.04. The van der Waals surface area contributed by atoms with Crippen molar-refractivity contribution in [3.8, 4) is 0 Å². The van der Waals surface area contributed by atoms with Crippen LogP contribution in [0.2, 0.25) is 0 Å². The topological polar surface area (TPSA) is 32.3 Å². The van der Waals surface area contributed by atoms with Crippen molar-refractivity contribution < 1.29 is 4.79 Å². The molecule has 0 radical (unpaired) electrons. The molecule has 0 aromatic carbocycles. The summed E-state index contributed by atoms with van der Waals surface area (Å²) < 4.78 is 0. The van der Waals surface area contributed by atoms with Crippen LogP contribution in [0.1, 0.15) is 53.4 Å². The van der Waals surface area contributed by atoms with Gasteiger partial charge in [-0.3, -0.25) is 4.79 Å². The molecule has 2 atom stereocenters. The van der Waals surface area contributed by atoms with Gasteiger partial charge in [0.1, 0.15) is 0 Å². The maximum absolute atomic E-state index is 12.1. The summed E-state index contributed by atoms with van der Waals surface area (Å²) in [6, 6.07) is 0.256. The first kappa shape index (κ1) is 16.5. The molecule has 2 rings (SSSR count). The number of nitrogens with one attached hydrogen (secondary N) is 1. The molecule has 1 fully saturated rings. The lowest BCUT2D eigenvalue weighted by Gasteiger charge is -2.37. The Morgan fingerprint density at radius 3 is 2.57 bits per heavy atom. The van der Waals surface area contributed by atoms with Crippen molar-refractivity contribution in [3.63, 3.8) is 0 Å². The molecule has 0 aromatic heterocycles. The van der Waals surface area contributed by atoms with Gasteiger partial charge in [0, 0.05) is 18.5 Å². The summed E-state index contributed by atoms with van der Waals surface area (Å²) in [5.74, 6) is 2.01. The molecule has 0 spiro atoms. The minimum absolute atomic E-state index is 0.226. The van der Waals surface area contributed by atoms with Crippen LogP contribution in [0.4, 0.5) is 0 Å². The number of amides is 1. The average Bonchev–Trinajstić information content (AvgIpc) is 2.43. The van der Waals surface area contributed by atoms with E-state index >= 15 is 0 Å². The highest BCUT2D eigenvalue weighted by Crippen LogP contribution is 2.31. The van der Waals surface area contributed by atoms with E-state index in [1.165, 1.54) is 19.4 Å². The normalized spacial score (nSPS) is 28.5. The predicted molar refractivity (Wildman–Crippen MR) is 88.1 cm³/mol. The van der Waals surface area contributed by atoms with E-state index in [2.05, 4.69) is 30.1 Å². The van der Waals surface area contributed by atoms with Gasteiger partial charge in [-0.05, 0) is 71.4 Å². The Bertz CT molecular complexity index is 381. The predicted octanol–water partition coefficient (Wildman–Crippen LogP) is 3.22. The lowest BCUT2D eigenvalue weighted by molar-refractivity contribution is -0.127. The van der Waals surface area contributed by atoms with Gasteiger partial charge < -0.3 is 10.2 Å². The van der Waals surface area contributed by atoms with E-state index in [9.17, 15) is 4.79 Å². The van der Waals surface area contributed by atoms with Crippen molar-refractivity contribution in [2.75, 3.05) is 19.6 Å². The van der Waals surface area contributed by atoms with Crippen LogP contribution in [0.25, 0.3) is 0 Å². The van der Waals surface area contributed by atoms with Gasteiger partial charge in [-0.2, -0.15) is 0 Å². The molecule has 21 heavy (non-hydrogen) atoms. The van der Waals surface area contributed by atoms with Gasteiger partial charge >= 0.3 is 0 Å². The fraction of sp³-hybridized carbons (Fsp3) is 0.833. The summed E-state index contributed by atoms with van der Waals surface area (Å²) in [4.78, 5) is 14.6. The highest BCUT2D eigenvalue weighted by Gasteiger charge is 2.29. The summed E-state index contributed by atoms with van der Waals surface area (Å²) in [7, 11) is 0. The molecule has 1 saturated heterocycles. The lowest BCUT2D eigenvalue weighted by Crippen LogP contribution is -2.44. The molecule has 120 valence electrons. The SMILES string of the molecule is CC1=CCC[C@H](C)[C@@H]1CN1CCC(C(=O)NC(C)C)CC1. The maximum Gasteiger partial charge on any atom is 0.223 e. The number of carbonyl (C=O) groups excluding carboxylic acids is 1. The molecule has 0 saturated carbocycles. The molecule has 0 bridgehead atoms. The van der Waals surface area contributed by atoms with Gasteiger partial charge in [0.15, 0.2) is 0 Å². The quantitative estimate of drug-likeness (QED) is 0.807. The Balaban J connectivity index is 1.80. The van der Waals surface area contributed by atoms with Gasteiger partial charge in [-0.25, -0.2) is 0 Å². The number of nitrogens with zero attached hydrogens (tertiary/aromatic N) is 1. The van der Waals surface area contributed by atoms with Crippen LogP contribution in [0.5, 0.6) is 0 Å². The highest BCUT2D eigenvalue weighted by atomic mass is 16.1. The van der Waals surface area contributed by atoms with E-state index in [1.54, 1.807) is 5.57 Å². The van der Waals surface area contributed by atoms with Gasteiger partial charge in [0.05, 0.1) is 0 Å². The molecule has 1 N–H and O–H groups in total. The number of piperidine rings is 1. The minimum Gasteiger partial charge on any atom is -0.354 e. The maximum atomic E-state index is 12.1. The number of likely N-dealkylation sites (tertiary alicyclic amines) is 1. The molecule has 3 nitrogen and oxygen atoms in total. The minimum atomic E-state index is 0.226. The fourth-order valence-electron chi connectivity index (χ4n) is 3.76. The molecule has 1 heterocycles. The van der Waals surface area contributed by atoms with Gasteiger partial charge in [-0.1, -0.05) is 18.6 Å². The summed E-state index contributed by atoms with van der Waals surface area (Å²) in [6.45, 7) is 12.1. The van der Waals surface area contributed by atoms with Crippen molar-refractivity contribution in [2.45, 2.75) is 59.4 Å². The fourth-order valence-corrected chi connectivity index (χ4v) is 3.76. The molecule has 0 unspecified atom stereocenters. The smallest absolute Gasteiger partial charge is 0.223 e. The van der Waals surface area contributed by atoms with E-state index < -0.39 is 0 Å². The molecule has 3 heteroatoms. The molecule has 1 aliphatic carbocycles. The van der Waals surface area contributed by atoms with Crippen LogP contribution in [0.15, 0.2) is 11.6 Å². The third kappa shape index (κ3) is 4.57. The Morgan fingerprint density at radius 1 is 1.33 bits per heavy atom. The van der Waals surface area contributed by atoms with Gasteiger partial charge in [-0.15, -0.1) is 0 Å². The average molecular weight is 292 g/mol. The summed E-state index contributed by atoms with van der Waals surface area (Å²) >= 11 is 0. The van der Waals surface area contributed by atoms with Crippen LogP contribution in [-0.2, 0) is 4.79 Å². The largest absolute Gasteiger partial charge is 0.354 e. The second-order valence-electron chi connectivity index (χ2n) is 7.35. The second kappa shape index (κ2) is 7.44. The van der Waals surface area contributed by atoms with Crippen molar-refractivity contribution in [2.24, 2.45) is 17.8 Å². The molecule has 0 aromatic rings. The summed E-state index contributed by atoms with van der Waals surface area (Å²) in [5, 5.41) is 3.06. The van der Waals surface area contributed by atoms with Crippen LogP contribution < -0.4 is 5.32 Å². The molecular weight excluding hydrogens is 260 g/mol. The van der Waals surface area contributed by atoms with Crippen molar-refractivity contribution in [1.29, 1.82) is 0 Å². The van der Waals surface area contributed by atoms with Crippen molar-refractivity contribution in [1.82, 2.24) is 10.2 Å². The van der Waals surface area contributed by atoms with Crippen LogP contribution in [0.3, 0.4) is 0 Å². The van der Waals surface area contributed by atoms with E-state index in [0.29, 0.717) is 0 Å². The summed E-state index contributed by atoms with van der Waals surface area (Å²) in [5.41, 5.74) is 1.58. The Labute approximate surface area is 130 Å². The number of allylic oxidation sites excluding steroid dienone is 1. The van der Waals surface area contributed by atoms with Crippen molar-refractivity contribution in [3.05, 3.63) is 11.6 Å². The first-order valence-corrected chi connectivity index (χ1v) is 8.66. The Kier molecular flexibility index (Phi) is 5.86. The van der Waals surface area contributed by atoms with Crippen LogP contribution in [0, 0.1) is 17.8 Å². The zero-order chi connectivity index (χ0) is 15.4. The lowest BCUT2D eigenvalue weighted by atomic mass is 9.79. The third-order valence-corrected chi connectivity index (χ3v) is 5.20. The van der Waals surface area contributed by atoms with E-state index in [1.807, 2.05) is 13.8 Å². The number of carbonyl (C=O) groups is 1. The van der Waals surface area contributed by atoms with E-state index in [-0.39, 0.29) is 17.9 Å². The third-order valence-electron chi connectivity index (χ3n) is 5.20. The molecule has 2 aliphatic rings. The number of rotatable bonds is 4. The van der Waals surface area contributed by atoms with E-state index in [0.717, 1.165) is 37.8 Å². The molecular formula is C18H32N2O. The molecule has 1 aliphatic heterocycles. The highest BCUT2D eigenvalue weighted by molar-refractivity contribution is 5.78. The number of hydrogen-bond acceptors (Lipinski definition) is 2. The number of hydrogen-bond donors (Lipinski definition) is 1. The molecule has 1 amide bonds. The standard InChI is InChI=1S/C18H32N2O/c1-13(2)19-18(21)16-8-10-20(11-9-16)12-17-14(3)6-5-7-15(17)4/h6,13,15-17H,5,7-12H2,1-4H3,(H,19,21)/t15-,17+/m0/s1. The first-order valence-electron chi connectivity index (χ1n) is 8.66. The van der Waals surface area contributed by atoms with Gasteiger partial charge in [0.25, 0.3) is 0 Å². The van der Waals surface area contributed by atoms with E-state index in [4.69, 9.17) is 0 Å². The van der Waals surface area contributed by atoms with Crippen molar-refractivity contribution >= 4 is 5.91 Å².